The summed E-state index contributed by atoms with van der Waals surface area (Å²) in [5.74, 6) is 0. The molecule has 0 saturated heterocycles. The Labute approximate surface area is 198 Å². The zero-order valence-electron chi connectivity index (χ0n) is 22.6. The van der Waals surface area contributed by atoms with Gasteiger partial charge < -0.3 is 9.80 Å². The van der Waals surface area contributed by atoms with E-state index in [2.05, 4.69) is 37.5 Å². The summed E-state index contributed by atoms with van der Waals surface area (Å²) in [5, 5.41) is 0. The smallest absolute Gasteiger partial charge is 0.00187 e. The van der Waals surface area contributed by atoms with Crippen molar-refractivity contribution >= 4 is 0 Å². The highest BCUT2D eigenvalue weighted by molar-refractivity contribution is 4.63. The summed E-state index contributed by atoms with van der Waals surface area (Å²) in [6.07, 6.45) is 26.6. The van der Waals surface area contributed by atoms with Crippen LogP contribution in [0, 0.1) is 0 Å². The fourth-order valence-electron chi connectivity index (χ4n) is 4.57. The molecular weight excluding hydrogens is 376 g/mol. The van der Waals surface area contributed by atoms with Gasteiger partial charge in [-0.1, -0.05) is 111 Å². The van der Waals surface area contributed by atoms with Gasteiger partial charge in [0.1, 0.15) is 0 Å². The second kappa shape index (κ2) is 26.2. The van der Waals surface area contributed by atoms with E-state index in [1.54, 1.807) is 0 Å². The van der Waals surface area contributed by atoms with E-state index >= 15 is 0 Å². The maximum absolute atomic E-state index is 2.79. The fraction of sp³-hybridized carbons (Fsp3) is 1.00. The summed E-state index contributed by atoms with van der Waals surface area (Å²) >= 11 is 0. The molecule has 188 valence electrons. The van der Waals surface area contributed by atoms with Gasteiger partial charge in [-0.15, -0.1) is 0 Å². The first kappa shape index (κ1) is 30.9. The number of nitrogens with zero attached hydrogens (tertiary/aromatic N) is 2. The van der Waals surface area contributed by atoms with Crippen LogP contribution in [0.2, 0.25) is 0 Å². The molecule has 0 bridgehead atoms. The van der Waals surface area contributed by atoms with Gasteiger partial charge in [-0.3, -0.25) is 0 Å². The molecule has 0 N–H and O–H groups in total. The second-order valence-electron chi connectivity index (χ2n) is 9.99. The minimum absolute atomic E-state index is 1.34. The highest BCUT2D eigenvalue weighted by Gasteiger charge is 2.07. The molecule has 0 spiro atoms. The summed E-state index contributed by atoms with van der Waals surface area (Å²) < 4.78 is 0. The minimum Gasteiger partial charge on any atom is -0.303 e. The van der Waals surface area contributed by atoms with Gasteiger partial charge in [-0.25, -0.2) is 0 Å². The minimum atomic E-state index is 1.34. The standard InChI is InChI=1S/C29H62N2/c1-5-9-13-18-24-30(25-19-14-10-6-2)28-22-17-23-29-31(26-20-15-11-7-3)27-21-16-12-8-4/h5-29H2,1-4H3. The molecule has 0 aromatic rings. The predicted octanol–water partition coefficient (Wildman–Crippen LogP) is 9.08. The van der Waals surface area contributed by atoms with E-state index < -0.39 is 0 Å². The van der Waals surface area contributed by atoms with Gasteiger partial charge in [0.15, 0.2) is 0 Å². The number of unbranched alkanes of at least 4 members (excludes halogenated alkanes) is 14. The van der Waals surface area contributed by atoms with Crippen molar-refractivity contribution < 1.29 is 0 Å². The van der Waals surface area contributed by atoms with Gasteiger partial charge in [-0.2, -0.15) is 0 Å². The first-order chi connectivity index (χ1) is 15.3. The van der Waals surface area contributed by atoms with E-state index in [4.69, 9.17) is 0 Å². The van der Waals surface area contributed by atoms with Gasteiger partial charge in [0.25, 0.3) is 0 Å². The van der Waals surface area contributed by atoms with Crippen molar-refractivity contribution in [1.29, 1.82) is 0 Å². The van der Waals surface area contributed by atoms with Crippen LogP contribution in [0.15, 0.2) is 0 Å². The number of hydrogen-bond acceptors (Lipinski definition) is 2. The fourth-order valence-corrected chi connectivity index (χ4v) is 4.57. The molecule has 2 heteroatoms. The maximum Gasteiger partial charge on any atom is -0.00187 e. The van der Waals surface area contributed by atoms with E-state index in [0.717, 1.165) is 0 Å². The Morgan fingerprint density at radius 1 is 0.258 bits per heavy atom. The maximum atomic E-state index is 2.79. The van der Waals surface area contributed by atoms with Crippen molar-refractivity contribution in [1.82, 2.24) is 9.80 Å². The van der Waals surface area contributed by atoms with Crippen LogP contribution in [0.4, 0.5) is 0 Å². The first-order valence-corrected chi connectivity index (χ1v) is 14.7. The summed E-state index contributed by atoms with van der Waals surface area (Å²) in [6, 6.07) is 0. The lowest BCUT2D eigenvalue weighted by atomic mass is 10.1. The lowest BCUT2D eigenvalue weighted by Gasteiger charge is -2.24. The average Bonchev–Trinajstić information content (AvgIpc) is 2.78. The van der Waals surface area contributed by atoms with E-state index in [-0.39, 0.29) is 0 Å². The van der Waals surface area contributed by atoms with E-state index in [0.29, 0.717) is 0 Å². The highest BCUT2D eigenvalue weighted by Crippen LogP contribution is 2.10. The van der Waals surface area contributed by atoms with Crippen molar-refractivity contribution in [2.45, 2.75) is 150 Å². The summed E-state index contributed by atoms with van der Waals surface area (Å²) in [7, 11) is 0. The number of hydrogen-bond donors (Lipinski definition) is 0. The van der Waals surface area contributed by atoms with Crippen LogP contribution in [-0.2, 0) is 0 Å². The average molecular weight is 439 g/mol. The summed E-state index contributed by atoms with van der Waals surface area (Å²) in [6.45, 7) is 17.3. The molecule has 0 aliphatic carbocycles. The molecule has 2 nitrogen and oxygen atoms in total. The van der Waals surface area contributed by atoms with Crippen LogP contribution in [0.3, 0.4) is 0 Å². The molecule has 0 aliphatic rings. The molecule has 0 saturated carbocycles. The lowest BCUT2D eigenvalue weighted by Crippen LogP contribution is -2.29. The largest absolute Gasteiger partial charge is 0.303 e. The first-order valence-electron chi connectivity index (χ1n) is 14.7. The molecule has 0 amide bonds. The second-order valence-corrected chi connectivity index (χ2v) is 9.99. The molecule has 0 radical (unpaired) electrons. The van der Waals surface area contributed by atoms with E-state index in [1.165, 1.54) is 161 Å². The molecule has 0 aliphatic heterocycles. The Balaban J connectivity index is 4.10. The summed E-state index contributed by atoms with van der Waals surface area (Å²) in [5.41, 5.74) is 0. The molecule has 0 fully saturated rings. The van der Waals surface area contributed by atoms with Crippen molar-refractivity contribution in [3.05, 3.63) is 0 Å². The van der Waals surface area contributed by atoms with Crippen LogP contribution in [0.25, 0.3) is 0 Å². The van der Waals surface area contributed by atoms with Crippen LogP contribution in [-0.4, -0.2) is 49.1 Å². The SMILES string of the molecule is CCCCCCN(CCCCCC)CCCCCN(CCCCCC)CCCCCC. The Morgan fingerprint density at radius 2 is 0.452 bits per heavy atom. The van der Waals surface area contributed by atoms with Crippen molar-refractivity contribution in [2.24, 2.45) is 0 Å². The van der Waals surface area contributed by atoms with Gasteiger partial charge >= 0.3 is 0 Å². The molecule has 0 unspecified atom stereocenters. The van der Waals surface area contributed by atoms with Gasteiger partial charge in [0.05, 0.1) is 0 Å². The Hall–Kier alpha value is -0.0800. The monoisotopic (exact) mass is 438 g/mol. The molecule has 0 aromatic carbocycles. The van der Waals surface area contributed by atoms with Crippen LogP contribution >= 0.6 is 0 Å². The third-order valence-electron chi connectivity index (χ3n) is 6.76. The molecule has 0 atom stereocenters. The molecule has 0 heterocycles. The highest BCUT2D eigenvalue weighted by atomic mass is 15.1. The molecule has 0 aromatic heterocycles. The third-order valence-corrected chi connectivity index (χ3v) is 6.76. The van der Waals surface area contributed by atoms with Gasteiger partial charge in [0, 0.05) is 0 Å². The topological polar surface area (TPSA) is 6.48 Å². The zero-order valence-corrected chi connectivity index (χ0v) is 22.6. The van der Waals surface area contributed by atoms with Crippen LogP contribution < -0.4 is 0 Å². The molecule has 0 rings (SSSR count). The lowest BCUT2D eigenvalue weighted by molar-refractivity contribution is 0.239. The summed E-state index contributed by atoms with van der Waals surface area (Å²) in [4.78, 5) is 5.58. The Bertz CT molecular complexity index is 264. The van der Waals surface area contributed by atoms with Crippen LogP contribution in [0.5, 0.6) is 0 Å². The molecular formula is C29H62N2. The predicted molar refractivity (Wildman–Crippen MR) is 143 cm³/mol. The van der Waals surface area contributed by atoms with Crippen LogP contribution in [0.1, 0.15) is 150 Å². The number of rotatable bonds is 26. The Kier molecular flexibility index (Phi) is 26.1. The van der Waals surface area contributed by atoms with Gasteiger partial charge in [0.2, 0.25) is 0 Å². The molecule has 31 heavy (non-hydrogen) atoms. The third kappa shape index (κ3) is 22.9. The van der Waals surface area contributed by atoms with Crippen molar-refractivity contribution in [2.75, 3.05) is 39.3 Å². The quantitative estimate of drug-likeness (QED) is 0.124. The van der Waals surface area contributed by atoms with Crippen molar-refractivity contribution in [3.63, 3.8) is 0 Å². The van der Waals surface area contributed by atoms with Crippen molar-refractivity contribution in [3.8, 4) is 0 Å². The van der Waals surface area contributed by atoms with E-state index in [9.17, 15) is 0 Å². The zero-order chi connectivity index (χ0) is 22.8. The van der Waals surface area contributed by atoms with E-state index in [1.807, 2.05) is 0 Å². The van der Waals surface area contributed by atoms with Gasteiger partial charge in [-0.05, 0) is 77.8 Å². The Morgan fingerprint density at radius 3 is 0.645 bits per heavy atom. The normalized spacial score (nSPS) is 11.8.